The van der Waals surface area contributed by atoms with E-state index in [2.05, 4.69) is 0 Å². The lowest BCUT2D eigenvalue weighted by atomic mass is 9.92. The molecule has 23 heavy (non-hydrogen) atoms. The molecule has 4 atom stereocenters. The standard InChI is InChI=1S/C16H16ClNO5/c1-18-10-5-6-16(18)13(22-14(19)15(20)23-16)12(8-10)21-11-4-2-3-9(17)7-11/h2-4,7,10,12-13H,5-6,8H2,1H3. The van der Waals surface area contributed by atoms with E-state index in [1.165, 1.54) is 0 Å². The summed E-state index contributed by atoms with van der Waals surface area (Å²) in [6, 6.07) is 7.29. The van der Waals surface area contributed by atoms with E-state index in [1.54, 1.807) is 24.3 Å². The third-order valence-corrected chi connectivity index (χ3v) is 5.26. The molecule has 122 valence electrons. The van der Waals surface area contributed by atoms with Crippen molar-refractivity contribution in [1.29, 1.82) is 0 Å². The Morgan fingerprint density at radius 3 is 2.96 bits per heavy atom. The first-order valence-corrected chi connectivity index (χ1v) is 7.96. The average molecular weight is 338 g/mol. The van der Waals surface area contributed by atoms with Gasteiger partial charge in [0.2, 0.25) is 5.72 Å². The molecule has 3 saturated heterocycles. The summed E-state index contributed by atoms with van der Waals surface area (Å²) < 4.78 is 16.9. The summed E-state index contributed by atoms with van der Waals surface area (Å²) in [7, 11) is 1.90. The van der Waals surface area contributed by atoms with Crippen LogP contribution in [0.3, 0.4) is 0 Å². The molecule has 3 fully saturated rings. The summed E-state index contributed by atoms with van der Waals surface area (Å²) in [5, 5.41) is 0.570. The highest BCUT2D eigenvalue weighted by molar-refractivity contribution is 6.30. The van der Waals surface area contributed by atoms with Crippen molar-refractivity contribution >= 4 is 23.5 Å². The number of rotatable bonds is 2. The number of hydrogen-bond donors (Lipinski definition) is 0. The molecule has 2 bridgehead atoms. The fourth-order valence-corrected chi connectivity index (χ4v) is 4.07. The number of ether oxygens (including phenoxy) is 3. The van der Waals surface area contributed by atoms with E-state index in [4.69, 9.17) is 25.8 Å². The molecule has 0 N–H and O–H groups in total. The highest BCUT2D eigenvalue weighted by Crippen LogP contribution is 2.48. The molecule has 4 rings (SSSR count). The number of esters is 2. The van der Waals surface area contributed by atoms with Crippen LogP contribution in [0.5, 0.6) is 5.75 Å². The Morgan fingerprint density at radius 1 is 1.35 bits per heavy atom. The van der Waals surface area contributed by atoms with Crippen LogP contribution in [0.2, 0.25) is 5.02 Å². The van der Waals surface area contributed by atoms with Gasteiger partial charge in [-0.2, -0.15) is 0 Å². The minimum Gasteiger partial charge on any atom is -0.486 e. The third-order valence-electron chi connectivity index (χ3n) is 5.02. The van der Waals surface area contributed by atoms with E-state index in [9.17, 15) is 9.59 Å². The summed E-state index contributed by atoms with van der Waals surface area (Å²) in [6.07, 6.45) is 1.17. The molecule has 7 heteroatoms. The van der Waals surface area contributed by atoms with Gasteiger partial charge in [-0.1, -0.05) is 17.7 Å². The minimum absolute atomic E-state index is 0.222. The van der Waals surface area contributed by atoms with Gasteiger partial charge >= 0.3 is 11.9 Å². The van der Waals surface area contributed by atoms with Crippen molar-refractivity contribution in [1.82, 2.24) is 4.90 Å². The van der Waals surface area contributed by atoms with E-state index in [0.717, 1.165) is 6.42 Å². The second-order valence-corrected chi connectivity index (χ2v) is 6.65. The van der Waals surface area contributed by atoms with Crippen LogP contribution in [0.25, 0.3) is 0 Å². The predicted octanol–water partition coefficient (Wildman–Crippen LogP) is 1.75. The molecule has 0 aliphatic carbocycles. The number of hydrogen-bond acceptors (Lipinski definition) is 6. The van der Waals surface area contributed by atoms with Crippen molar-refractivity contribution in [2.45, 2.75) is 43.2 Å². The molecule has 3 heterocycles. The topological polar surface area (TPSA) is 65.1 Å². The number of piperidine rings is 1. The van der Waals surface area contributed by atoms with E-state index < -0.39 is 23.8 Å². The molecule has 4 unspecified atom stereocenters. The number of nitrogens with zero attached hydrogens (tertiary/aromatic N) is 1. The predicted molar refractivity (Wildman–Crippen MR) is 80.0 cm³/mol. The first-order chi connectivity index (χ1) is 11.0. The lowest BCUT2D eigenvalue weighted by molar-refractivity contribution is -0.263. The molecule has 0 amide bonds. The van der Waals surface area contributed by atoms with E-state index in [0.29, 0.717) is 23.6 Å². The summed E-state index contributed by atoms with van der Waals surface area (Å²) in [5.41, 5.74) is -0.919. The smallest absolute Gasteiger partial charge is 0.419 e. The molecule has 0 saturated carbocycles. The zero-order valence-electron chi connectivity index (χ0n) is 12.5. The molecule has 1 spiro atoms. The SMILES string of the molecule is CN1C2CCC13OC(=O)C(=O)OC3C(Oc1cccc(Cl)c1)C2. The molecule has 6 nitrogen and oxygen atoms in total. The fourth-order valence-electron chi connectivity index (χ4n) is 3.89. The molecular weight excluding hydrogens is 322 g/mol. The lowest BCUT2D eigenvalue weighted by Gasteiger charge is -2.50. The van der Waals surface area contributed by atoms with Gasteiger partial charge in [0.1, 0.15) is 11.9 Å². The Morgan fingerprint density at radius 2 is 2.17 bits per heavy atom. The molecule has 1 aromatic rings. The maximum atomic E-state index is 11.7. The molecular formula is C16H16ClNO5. The van der Waals surface area contributed by atoms with Gasteiger partial charge in [0.05, 0.1) is 0 Å². The van der Waals surface area contributed by atoms with Gasteiger partial charge in [0, 0.05) is 23.9 Å². The summed E-state index contributed by atoms with van der Waals surface area (Å²) in [5.74, 6) is -1.29. The molecule has 3 aliphatic rings. The van der Waals surface area contributed by atoms with Gasteiger partial charge < -0.3 is 14.2 Å². The van der Waals surface area contributed by atoms with Crippen molar-refractivity contribution < 1.29 is 23.8 Å². The van der Waals surface area contributed by atoms with E-state index in [1.807, 2.05) is 11.9 Å². The van der Waals surface area contributed by atoms with Crippen LogP contribution in [-0.4, -0.2) is 47.9 Å². The Bertz CT molecular complexity index is 680. The maximum Gasteiger partial charge on any atom is 0.419 e. The highest BCUT2D eigenvalue weighted by Gasteiger charge is 2.65. The number of carbonyl (C=O) groups is 2. The van der Waals surface area contributed by atoms with Crippen molar-refractivity contribution in [3.63, 3.8) is 0 Å². The van der Waals surface area contributed by atoms with Gasteiger partial charge in [-0.25, -0.2) is 9.59 Å². The molecule has 1 aromatic carbocycles. The van der Waals surface area contributed by atoms with Crippen molar-refractivity contribution in [2.24, 2.45) is 0 Å². The van der Waals surface area contributed by atoms with Gasteiger partial charge in [0.15, 0.2) is 6.10 Å². The van der Waals surface area contributed by atoms with Crippen LogP contribution in [-0.2, 0) is 19.1 Å². The van der Waals surface area contributed by atoms with Crippen LogP contribution in [0.1, 0.15) is 19.3 Å². The number of halogens is 1. The average Bonchev–Trinajstić information content (AvgIpc) is 2.71. The minimum atomic E-state index is -0.959. The zero-order valence-corrected chi connectivity index (χ0v) is 13.3. The second kappa shape index (κ2) is 5.11. The van der Waals surface area contributed by atoms with Crippen LogP contribution in [0.4, 0.5) is 0 Å². The fraction of sp³-hybridized carbons (Fsp3) is 0.500. The van der Waals surface area contributed by atoms with Crippen LogP contribution in [0.15, 0.2) is 24.3 Å². The normalized spacial score (nSPS) is 36.2. The largest absolute Gasteiger partial charge is 0.486 e. The van der Waals surface area contributed by atoms with Gasteiger partial charge in [-0.3, -0.25) is 4.90 Å². The molecule has 0 radical (unpaired) electrons. The van der Waals surface area contributed by atoms with Gasteiger partial charge in [-0.05, 0) is 31.7 Å². The first kappa shape index (κ1) is 14.8. The Balaban J connectivity index is 1.66. The monoisotopic (exact) mass is 337 g/mol. The van der Waals surface area contributed by atoms with Crippen LogP contribution in [0, 0.1) is 0 Å². The lowest BCUT2D eigenvalue weighted by Crippen LogP contribution is -2.69. The van der Waals surface area contributed by atoms with Crippen molar-refractivity contribution in [3.05, 3.63) is 29.3 Å². The summed E-state index contributed by atoms with van der Waals surface area (Å²) in [4.78, 5) is 25.4. The van der Waals surface area contributed by atoms with Crippen molar-refractivity contribution in [3.8, 4) is 5.75 Å². The van der Waals surface area contributed by atoms with Crippen LogP contribution >= 0.6 is 11.6 Å². The Labute approximate surface area is 138 Å². The van der Waals surface area contributed by atoms with E-state index in [-0.39, 0.29) is 12.1 Å². The number of carbonyl (C=O) groups excluding carboxylic acids is 2. The van der Waals surface area contributed by atoms with Gasteiger partial charge in [-0.15, -0.1) is 0 Å². The third kappa shape index (κ3) is 2.20. The summed E-state index contributed by atoms with van der Waals surface area (Å²) in [6.45, 7) is 0. The zero-order chi connectivity index (χ0) is 16.2. The Kier molecular flexibility index (Phi) is 3.28. The first-order valence-electron chi connectivity index (χ1n) is 7.59. The number of benzene rings is 1. The highest BCUT2D eigenvalue weighted by atomic mass is 35.5. The number of fused-ring (bicyclic) bond motifs is 1. The Hall–Kier alpha value is -1.79. The second-order valence-electron chi connectivity index (χ2n) is 6.21. The van der Waals surface area contributed by atoms with Crippen LogP contribution < -0.4 is 4.74 Å². The maximum absolute atomic E-state index is 11.7. The quantitative estimate of drug-likeness (QED) is 0.605. The molecule has 3 aliphatic heterocycles. The van der Waals surface area contributed by atoms with E-state index >= 15 is 0 Å². The van der Waals surface area contributed by atoms with Crippen molar-refractivity contribution in [2.75, 3.05) is 7.05 Å². The molecule has 0 aromatic heterocycles. The van der Waals surface area contributed by atoms with Gasteiger partial charge in [0.25, 0.3) is 0 Å². The number of likely N-dealkylation sites (N-methyl/N-ethyl adjacent to an activating group) is 1. The summed E-state index contributed by atoms with van der Waals surface area (Å²) >= 11 is 5.99.